The summed E-state index contributed by atoms with van der Waals surface area (Å²) in [5, 5.41) is 8.00. The highest BCUT2D eigenvalue weighted by Crippen LogP contribution is 2.45. The second kappa shape index (κ2) is 5.90. The average molecular weight is 268 g/mol. The van der Waals surface area contributed by atoms with Crippen LogP contribution in [0, 0.1) is 0 Å². The van der Waals surface area contributed by atoms with Crippen molar-refractivity contribution < 1.29 is 36.2 Å². The van der Waals surface area contributed by atoms with Crippen LogP contribution in [0.3, 0.4) is 0 Å². The van der Waals surface area contributed by atoms with Crippen LogP contribution in [-0.4, -0.2) is 42.7 Å². The first-order chi connectivity index (χ1) is 7.62. The number of ether oxygens (including phenoxy) is 1. The molecule has 0 aliphatic heterocycles. The van der Waals surface area contributed by atoms with E-state index in [1.54, 1.807) is 6.92 Å². The molecule has 0 spiro atoms. The van der Waals surface area contributed by atoms with Gasteiger partial charge in [-0.1, -0.05) is 13.3 Å². The van der Waals surface area contributed by atoms with Crippen molar-refractivity contribution in [3.63, 3.8) is 0 Å². The largest absolute Gasteiger partial charge is 0.390 e. The van der Waals surface area contributed by atoms with Gasteiger partial charge in [-0.05, 0) is 6.42 Å². The number of hydrogen-bond acceptors (Lipinski definition) is 2. The SMILES string of the molecule is CCCCOCC(F)(F)C(F)(F)C(F)(F)CO. The molecule has 0 saturated heterocycles. The van der Waals surface area contributed by atoms with Gasteiger partial charge in [-0.15, -0.1) is 0 Å². The second-order valence-corrected chi connectivity index (χ2v) is 3.55. The van der Waals surface area contributed by atoms with E-state index in [1.165, 1.54) is 0 Å². The highest BCUT2D eigenvalue weighted by molar-refractivity contribution is 4.96. The van der Waals surface area contributed by atoms with Crippen LogP contribution < -0.4 is 0 Å². The zero-order chi connectivity index (χ0) is 13.7. The molecule has 2 nitrogen and oxygen atoms in total. The van der Waals surface area contributed by atoms with Gasteiger partial charge in [-0.25, -0.2) is 0 Å². The van der Waals surface area contributed by atoms with Crippen molar-refractivity contribution >= 4 is 0 Å². The Hall–Kier alpha value is -0.500. The maximum absolute atomic E-state index is 12.8. The molecule has 0 rings (SSSR count). The lowest BCUT2D eigenvalue weighted by Gasteiger charge is -2.31. The molecule has 0 aromatic rings. The van der Waals surface area contributed by atoms with Gasteiger partial charge in [0.05, 0.1) is 0 Å². The molecular formula is C9H14F6O2. The van der Waals surface area contributed by atoms with Gasteiger partial charge in [-0.3, -0.25) is 0 Å². The highest BCUT2D eigenvalue weighted by atomic mass is 19.3. The van der Waals surface area contributed by atoms with E-state index in [9.17, 15) is 26.3 Å². The van der Waals surface area contributed by atoms with Crippen molar-refractivity contribution in [1.29, 1.82) is 0 Å². The third kappa shape index (κ3) is 3.74. The van der Waals surface area contributed by atoms with Gasteiger partial charge in [0.15, 0.2) is 0 Å². The van der Waals surface area contributed by atoms with Crippen molar-refractivity contribution in [3.8, 4) is 0 Å². The number of aliphatic hydroxyl groups excluding tert-OH is 1. The molecule has 8 heteroatoms. The topological polar surface area (TPSA) is 29.5 Å². The Morgan fingerprint density at radius 1 is 1.00 bits per heavy atom. The summed E-state index contributed by atoms with van der Waals surface area (Å²) < 4.78 is 80.3. The van der Waals surface area contributed by atoms with Crippen LogP contribution in [0.2, 0.25) is 0 Å². The zero-order valence-electron chi connectivity index (χ0n) is 9.16. The fraction of sp³-hybridized carbons (Fsp3) is 1.00. The lowest BCUT2D eigenvalue weighted by atomic mass is 10.1. The Labute approximate surface area is 94.6 Å². The van der Waals surface area contributed by atoms with E-state index in [-0.39, 0.29) is 6.61 Å². The van der Waals surface area contributed by atoms with E-state index in [0.717, 1.165) is 0 Å². The molecular weight excluding hydrogens is 254 g/mol. The lowest BCUT2D eigenvalue weighted by Crippen LogP contribution is -2.57. The first kappa shape index (κ1) is 16.5. The van der Waals surface area contributed by atoms with Crippen LogP contribution in [0.25, 0.3) is 0 Å². The normalized spacial score (nSPS) is 14.1. The van der Waals surface area contributed by atoms with Crippen molar-refractivity contribution in [1.82, 2.24) is 0 Å². The van der Waals surface area contributed by atoms with E-state index >= 15 is 0 Å². The summed E-state index contributed by atoms with van der Waals surface area (Å²) in [6.07, 6.45) is 0.951. The molecule has 0 fully saturated rings. The van der Waals surface area contributed by atoms with Crippen molar-refractivity contribution in [2.24, 2.45) is 0 Å². The van der Waals surface area contributed by atoms with Crippen LogP contribution in [0.1, 0.15) is 19.8 Å². The summed E-state index contributed by atoms with van der Waals surface area (Å²) in [6.45, 7) is -2.66. The number of halogens is 6. The average Bonchev–Trinajstić information content (AvgIpc) is 2.24. The molecule has 0 heterocycles. The van der Waals surface area contributed by atoms with Crippen molar-refractivity contribution in [3.05, 3.63) is 0 Å². The monoisotopic (exact) mass is 268 g/mol. The first-order valence-electron chi connectivity index (χ1n) is 4.94. The molecule has 17 heavy (non-hydrogen) atoms. The second-order valence-electron chi connectivity index (χ2n) is 3.55. The van der Waals surface area contributed by atoms with Gasteiger partial charge in [0.2, 0.25) is 0 Å². The van der Waals surface area contributed by atoms with Gasteiger partial charge in [0.1, 0.15) is 13.2 Å². The number of unbranched alkanes of at least 4 members (excludes halogenated alkanes) is 1. The van der Waals surface area contributed by atoms with Gasteiger partial charge in [0, 0.05) is 6.61 Å². The summed E-state index contributed by atoms with van der Waals surface area (Å²) in [6, 6.07) is 0. The van der Waals surface area contributed by atoms with Crippen molar-refractivity contribution in [2.45, 2.75) is 37.5 Å². The first-order valence-corrected chi connectivity index (χ1v) is 4.94. The molecule has 0 aromatic carbocycles. The molecule has 0 atom stereocenters. The van der Waals surface area contributed by atoms with Crippen LogP contribution in [-0.2, 0) is 4.74 Å². The third-order valence-corrected chi connectivity index (χ3v) is 2.04. The van der Waals surface area contributed by atoms with E-state index < -0.39 is 31.0 Å². The molecule has 0 radical (unpaired) electrons. The quantitative estimate of drug-likeness (QED) is 0.541. The molecule has 0 aliphatic rings. The van der Waals surface area contributed by atoms with Gasteiger partial charge in [-0.2, -0.15) is 26.3 Å². The Morgan fingerprint density at radius 3 is 1.94 bits per heavy atom. The van der Waals surface area contributed by atoms with Gasteiger partial charge >= 0.3 is 17.8 Å². The molecule has 0 amide bonds. The maximum atomic E-state index is 12.8. The minimum atomic E-state index is -5.65. The predicted molar refractivity (Wildman–Crippen MR) is 47.7 cm³/mol. The number of alkyl halides is 6. The number of rotatable bonds is 8. The molecule has 0 aromatic heterocycles. The van der Waals surface area contributed by atoms with Gasteiger partial charge < -0.3 is 9.84 Å². The Bertz CT molecular complexity index is 232. The fourth-order valence-electron chi connectivity index (χ4n) is 0.904. The Morgan fingerprint density at radius 2 is 1.53 bits per heavy atom. The molecule has 1 N–H and O–H groups in total. The van der Waals surface area contributed by atoms with Crippen molar-refractivity contribution in [2.75, 3.05) is 19.8 Å². The number of hydrogen-bond donors (Lipinski definition) is 1. The molecule has 0 aliphatic carbocycles. The van der Waals surface area contributed by atoms with E-state index in [4.69, 9.17) is 5.11 Å². The van der Waals surface area contributed by atoms with Crippen LogP contribution >= 0.6 is 0 Å². The molecule has 0 unspecified atom stereocenters. The minimum Gasteiger partial charge on any atom is -0.390 e. The summed E-state index contributed by atoms with van der Waals surface area (Å²) in [5.41, 5.74) is 0. The predicted octanol–water partition coefficient (Wildman–Crippen LogP) is 2.70. The molecule has 104 valence electrons. The summed E-state index contributed by atoms with van der Waals surface area (Å²) in [5.74, 6) is -15.9. The smallest absolute Gasteiger partial charge is 0.376 e. The zero-order valence-corrected chi connectivity index (χ0v) is 9.16. The highest BCUT2D eigenvalue weighted by Gasteiger charge is 2.71. The van der Waals surface area contributed by atoms with E-state index in [1.807, 2.05) is 0 Å². The van der Waals surface area contributed by atoms with Crippen LogP contribution in [0.15, 0.2) is 0 Å². The summed E-state index contributed by atoms with van der Waals surface area (Å²) in [7, 11) is 0. The lowest BCUT2D eigenvalue weighted by molar-refractivity contribution is -0.326. The Kier molecular flexibility index (Phi) is 5.73. The minimum absolute atomic E-state index is 0.215. The van der Waals surface area contributed by atoms with E-state index in [2.05, 4.69) is 4.74 Å². The number of aliphatic hydroxyl groups is 1. The fourth-order valence-corrected chi connectivity index (χ4v) is 0.904. The summed E-state index contributed by atoms with van der Waals surface area (Å²) >= 11 is 0. The maximum Gasteiger partial charge on any atom is 0.376 e. The Balaban J connectivity index is 4.56. The van der Waals surface area contributed by atoms with E-state index in [0.29, 0.717) is 12.8 Å². The van der Waals surface area contributed by atoms with Crippen LogP contribution in [0.5, 0.6) is 0 Å². The van der Waals surface area contributed by atoms with Gasteiger partial charge in [0.25, 0.3) is 0 Å². The molecule has 0 bridgehead atoms. The standard InChI is InChI=1S/C9H14F6O2/c1-2-3-4-17-6-8(12,13)9(14,15)7(10,11)5-16/h16H,2-6H2,1H3. The molecule has 0 saturated carbocycles. The summed E-state index contributed by atoms with van der Waals surface area (Å²) in [4.78, 5) is 0. The third-order valence-electron chi connectivity index (χ3n) is 2.04. The van der Waals surface area contributed by atoms with Crippen LogP contribution in [0.4, 0.5) is 26.3 Å².